The molecule has 0 saturated carbocycles. The summed E-state index contributed by atoms with van der Waals surface area (Å²) < 4.78 is 5.48. The Balaban J connectivity index is 3.30. The molecule has 6 nitrogen and oxygen atoms in total. The summed E-state index contributed by atoms with van der Waals surface area (Å²) in [6, 6.07) is -0.622. The number of ether oxygens (including phenoxy) is 1. The summed E-state index contributed by atoms with van der Waals surface area (Å²) in [6.07, 6.45) is 88.3. The third kappa shape index (κ3) is 65.1. The van der Waals surface area contributed by atoms with E-state index in [2.05, 4.69) is 43.5 Å². The van der Waals surface area contributed by atoms with E-state index in [1.165, 1.54) is 315 Å². The van der Waals surface area contributed by atoms with Gasteiger partial charge in [-0.3, -0.25) is 9.59 Å². The molecule has 79 heavy (non-hydrogen) atoms. The third-order valence-electron chi connectivity index (χ3n) is 16.6. The number of esters is 1. The number of unbranched alkanes of at least 4 members (excludes halogenated alkanes) is 52. The number of hydrogen-bond acceptors (Lipinski definition) is 5. The lowest BCUT2D eigenvalue weighted by atomic mass is 10.0. The fraction of sp³-hybridized carbons (Fsp3) is 0.890. The Morgan fingerprint density at radius 3 is 1.01 bits per heavy atom. The molecule has 3 N–H and O–H groups in total. The lowest BCUT2D eigenvalue weighted by molar-refractivity contribution is -0.143. The van der Waals surface area contributed by atoms with Crippen molar-refractivity contribution in [2.75, 3.05) is 13.2 Å². The molecule has 0 fully saturated rings. The minimum atomic E-state index is -0.839. The van der Waals surface area contributed by atoms with Gasteiger partial charge in [-0.15, -0.1) is 0 Å². The smallest absolute Gasteiger partial charge is 0.305 e. The van der Waals surface area contributed by atoms with Gasteiger partial charge in [-0.25, -0.2) is 0 Å². The topological polar surface area (TPSA) is 95.9 Å². The molecule has 466 valence electrons. The van der Waals surface area contributed by atoms with Crippen LogP contribution in [0.5, 0.6) is 0 Å². The van der Waals surface area contributed by atoms with Crippen molar-refractivity contribution in [2.45, 2.75) is 405 Å². The molecule has 0 aromatic rings. The number of carbonyl (C=O) groups is 2. The minimum Gasteiger partial charge on any atom is -0.466 e. The second kappa shape index (κ2) is 68.6. The highest BCUT2D eigenvalue weighted by Gasteiger charge is 2.18. The quantitative estimate of drug-likeness (QED) is 0.0320. The Morgan fingerprint density at radius 2 is 0.658 bits per heavy atom. The molecule has 0 aliphatic carbocycles. The van der Waals surface area contributed by atoms with Crippen LogP contribution in [0, 0.1) is 0 Å². The van der Waals surface area contributed by atoms with Gasteiger partial charge in [0.25, 0.3) is 0 Å². The van der Waals surface area contributed by atoms with Crippen LogP contribution in [-0.4, -0.2) is 47.4 Å². The first-order chi connectivity index (χ1) is 39.0. The highest BCUT2D eigenvalue weighted by molar-refractivity contribution is 5.76. The SMILES string of the molecule is CCC/C=C\C/C=C\CCCCCCCC(=O)OCCCCCCCCCCCCCCCCCCCCCCCCCCCCCCCCCCCCCCCC(=O)NC(CO)C(O)/C=C/CCCCCCCCCCCC. The number of amides is 1. The predicted molar refractivity (Wildman–Crippen MR) is 347 cm³/mol. The Hall–Kier alpha value is -1.92. The Morgan fingerprint density at radius 1 is 0.354 bits per heavy atom. The van der Waals surface area contributed by atoms with E-state index in [-0.39, 0.29) is 18.5 Å². The van der Waals surface area contributed by atoms with Crippen molar-refractivity contribution < 1.29 is 24.5 Å². The van der Waals surface area contributed by atoms with Gasteiger partial charge >= 0.3 is 5.97 Å². The van der Waals surface area contributed by atoms with Crippen LogP contribution in [0.1, 0.15) is 393 Å². The summed E-state index contributed by atoms with van der Waals surface area (Å²) in [7, 11) is 0. The summed E-state index contributed by atoms with van der Waals surface area (Å²) >= 11 is 0. The van der Waals surface area contributed by atoms with Crippen molar-refractivity contribution >= 4 is 11.9 Å². The lowest BCUT2D eigenvalue weighted by Crippen LogP contribution is -2.45. The van der Waals surface area contributed by atoms with Crippen molar-refractivity contribution in [3.05, 3.63) is 36.5 Å². The van der Waals surface area contributed by atoms with E-state index in [1.54, 1.807) is 6.08 Å². The molecule has 0 aliphatic rings. The second-order valence-electron chi connectivity index (χ2n) is 24.6. The van der Waals surface area contributed by atoms with Gasteiger partial charge in [-0.1, -0.05) is 359 Å². The fourth-order valence-corrected chi connectivity index (χ4v) is 11.2. The molecule has 0 aromatic carbocycles. The number of allylic oxidation sites excluding steroid dienone is 5. The van der Waals surface area contributed by atoms with Crippen molar-refractivity contribution in [1.29, 1.82) is 0 Å². The summed E-state index contributed by atoms with van der Waals surface area (Å²) in [4.78, 5) is 24.5. The van der Waals surface area contributed by atoms with Gasteiger partial charge in [-0.2, -0.15) is 0 Å². The van der Waals surface area contributed by atoms with Crippen LogP contribution in [0.2, 0.25) is 0 Å². The molecule has 0 bridgehead atoms. The monoisotopic (exact) mass is 1110 g/mol. The van der Waals surface area contributed by atoms with Gasteiger partial charge in [0, 0.05) is 12.8 Å². The highest BCUT2D eigenvalue weighted by Crippen LogP contribution is 2.19. The molecular formula is C73H139NO5. The maximum Gasteiger partial charge on any atom is 0.305 e. The summed E-state index contributed by atoms with van der Waals surface area (Å²) in [6.45, 7) is 4.85. The zero-order chi connectivity index (χ0) is 57.1. The van der Waals surface area contributed by atoms with Gasteiger partial charge in [0.1, 0.15) is 0 Å². The van der Waals surface area contributed by atoms with E-state index < -0.39 is 12.1 Å². The maximum atomic E-state index is 12.5. The number of aliphatic hydroxyl groups is 2. The summed E-state index contributed by atoms with van der Waals surface area (Å²) in [5.41, 5.74) is 0. The van der Waals surface area contributed by atoms with Crippen molar-refractivity contribution in [2.24, 2.45) is 0 Å². The van der Waals surface area contributed by atoms with Crippen LogP contribution in [0.3, 0.4) is 0 Å². The van der Waals surface area contributed by atoms with Gasteiger partial charge in [0.15, 0.2) is 0 Å². The van der Waals surface area contributed by atoms with E-state index >= 15 is 0 Å². The Bertz CT molecular complexity index is 1280. The first-order valence-electron chi connectivity index (χ1n) is 35.8. The molecule has 0 radical (unpaired) electrons. The fourth-order valence-electron chi connectivity index (χ4n) is 11.2. The van der Waals surface area contributed by atoms with E-state index in [1.807, 2.05) is 6.08 Å². The number of hydrogen-bond donors (Lipinski definition) is 3. The summed E-state index contributed by atoms with van der Waals surface area (Å²) in [5.74, 6) is -0.0535. The molecule has 0 aliphatic heterocycles. The molecule has 2 unspecified atom stereocenters. The molecule has 0 spiro atoms. The molecule has 6 heteroatoms. The zero-order valence-corrected chi connectivity index (χ0v) is 53.4. The highest BCUT2D eigenvalue weighted by atomic mass is 16.5. The third-order valence-corrected chi connectivity index (χ3v) is 16.6. The molecular weight excluding hydrogens is 971 g/mol. The van der Waals surface area contributed by atoms with Gasteiger partial charge in [0.05, 0.1) is 25.4 Å². The van der Waals surface area contributed by atoms with Crippen molar-refractivity contribution in [1.82, 2.24) is 5.32 Å². The van der Waals surface area contributed by atoms with Crippen LogP contribution in [-0.2, 0) is 14.3 Å². The van der Waals surface area contributed by atoms with Crippen molar-refractivity contribution in [3.63, 3.8) is 0 Å². The Kier molecular flexibility index (Phi) is 66.9. The van der Waals surface area contributed by atoms with E-state index in [4.69, 9.17) is 4.74 Å². The van der Waals surface area contributed by atoms with E-state index in [0.29, 0.717) is 19.4 Å². The van der Waals surface area contributed by atoms with Crippen LogP contribution in [0.25, 0.3) is 0 Å². The molecule has 0 saturated heterocycles. The van der Waals surface area contributed by atoms with Crippen LogP contribution >= 0.6 is 0 Å². The molecule has 0 rings (SSSR count). The van der Waals surface area contributed by atoms with E-state index in [9.17, 15) is 19.8 Å². The van der Waals surface area contributed by atoms with Crippen LogP contribution in [0.4, 0.5) is 0 Å². The normalized spacial score (nSPS) is 12.7. The predicted octanol–water partition coefficient (Wildman–Crippen LogP) is 23.1. The van der Waals surface area contributed by atoms with Crippen molar-refractivity contribution in [3.8, 4) is 0 Å². The largest absolute Gasteiger partial charge is 0.466 e. The number of carbonyl (C=O) groups excluding carboxylic acids is 2. The molecule has 0 heterocycles. The van der Waals surface area contributed by atoms with Crippen LogP contribution in [0.15, 0.2) is 36.5 Å². The van der Waals surface area contributed by atoms with Gasteiger partial charge in [0.2, 0.25) is 5.91 Å². The number of rotatable bonds is 67. The standard InChI is InChI=1S/C73H139NO5/c1-3-5-7-9-11-13-15-42-47-51-55-59-63-67-73(78)79-68-64-60-56-52-48-44-41-39-37-35-33-31-29-27-25-23-21-19-17-18-20-22-24-26-28-30-32-34-36-38-40-43-46-50-54-58-62-66-72(77)74-70(69-75)71(76)65-61-57-53-49-45-16-14-12-10-8-6-4-2/h7,9,13,15,61,65,70-71,75-76H,3-6,8,10-12,14,16-60,62-64,66-69H2,1-2H3,(H,74,77)/b9-7-,15-13-,65-61+. The molecule has 0 aromatic heterocycles. The average molecular weight is 1110 g/mol. The second-order valence-corrected chi connectivity index (χ2v) is 24.6. The number of nitrogens with one attached hydrogen (secondary N) is 1. The van der Waals surface area contributed by atoms with Gasteiger partial charge < -0.3 is 20.3 Å². The molecule has 1 amide bonds. The molecule has 2 atom stereocenters. The minimum absolute atomic E-state index is 0.00788. The zero-order valence-electron chi connectivity index (χ0n) is 53.4. The lowest BCUT2D eigenvalue weighted by Gasteiger charge is -2.20. The van der Waals surface area contributed by atoms with Crippen LogP contribution < -0.4 is 5.32 Å². The summed E-state index contributed by atoms with van der Waals surface area (Å²) in [5, 5.41) is 23.1. The first-order valence-corrected chi connectivity index (χ1v) is 35.8. The van der Waals surface area contributed by atoms with E-state index in [0.717, 1.165) is 51.4 Å². The average Bonchev–Trinajstić information content (AvgIpc) is 3.45. The maximum absolute atomic E-state index is 12.5. The number of aliphatic hydroxyl groups excluding tert-OH is 2. The Labute approximate surface area is 494 Å². The van der Waals surface area contributed by atoms with Gasteiger partial charge in [-0.05, 0) is 57.8 Å². The first kappa shape index (κ1) is 77.1.